The van der Waals surface area contributed by atoms with Gasteiger partial charge in [0, 0.05) is 146 Å². The molecule has 5 fully saturated rings. The van der Waals surface area contributed by atoms with E-state index in [0.717, 1.165) is 9.80 Å². The Bertz CT molecular complexity index is 2850. The quantitative estimate of drug-likeness (QED) is 0.0293. The highest BCUT2D eigenvalue weighted by molar-refractivity contribution is 7.54. The highest BCUT2D eigenvalue weighted by Gasteiger charge is 2.56. The van der Waals surface area contributed by atoms with Gasteiger partial charge in [-0.25, -0.2) is 23.1 Å². The zero-order valence-corrected chi connectivity index (χ0v) is 70.0. The molecule has 5 heterocycles. The van der Waals surface area contributed by atoms with Crippen molar-refractivity contribution in [2.24, 2.45) is 0 Å². The number of hydrogen-bond donors (Lipinski definition) is 10. The minimum absolute atomic E-state index is 0.266. The summed E-state index contributed by atoms with van der Waals surface area (Å²) in [5, 5.41) is 21.8. The first-order valence-corrected chi connectivity index (χ1v) is 44.0. The first kappa shape index (κ1) is 90.4. The van der Waals surface area contributed by atoms with E-state index in [0.29, 0.717) is 51.4 Å². The Morgan fingerprint density at radius 1 is 0.284 bits per heavy atom. The molecular weight excluding hydrogens is 1430 g/mol. The van der Waals surface area contributed by atoms with Crippen LogP contribution in [0.25, 0.3) is 0 Å². The van der Waals surface area contributed by atoms with E-state index in [9.17, 15) is 48.4 Å². The van der Waals surface area contributed by atoms with Gasteiger partial charge in [0.25, 0.3) is 0 Å². The van der Waals surface area contributed by atoms with Crippen molar-refractivity contribution in [3.8, 4) is 0 Å². The number of rotatable bonds is 31. The SMILES string of the molecule is CC(=O)NC1CC(C)(C)N(OP(=O)(O)CN(CCN(CP(=O)(O)ON2C(C)(C)CC(NC(C)=O)CC2(C)C)CP(=O)(O)ON2C(C)(C)CC(NC(C)=O)CC2(C)C)CCN(CP(=O)(O)ON2C(C)(C)CC(NC(C)=O)CC2(C)C)CP(=O)(O)ON2C(C)(C)CC(NC(C)=O)CC2(C)C)C(C)(C)C1. The van der Waals surface area contributed by atoms with Gasteiger partial charge < -0.3 is 51.1 Å². The molecule has 38 heteroatoms. The van der Waals surface area contributed by atoms with Crippen LogP contribution in [0.4, 0.5) is 0 Å². The van der Waals surface area contributed by atoms with Crippen molar-refractivity contribution < 1.29 is 94.4 Å². The minimum atomic E-state index is -5.02. The third-order valence-electron chi connectivity index (χ3n) is 19.4. The van der Waals surface area contributed by atoms with Crippen LogP contribution in [0.15, 0.2) is 0 Å². The van der Waals surface area contributed by atoms with Crippen molar-refractivity contribution in [2.75, 3.05) is 57.6 Å². The normalized spacial score (nSPS) is 26.6. The van der Waals surface area contributed by atoms with Crippen molar-refractivity contribution in [2.45, 2.75) is 323 Å². The summed E-state index contributed by atoms with van der Waals surface area (Å²) in [6, 6.07) is -1.72. The minimum Gasteiger partial charge on any atom is -0.353 e. The molecule has 5 aliphatic rings. The van der Waals surface area contributed by atoms with E-state index in [1.807, 2.05) is 0 Å². The molecule has 5 amide bonds. The zero-order valence-electron chi connectivity index (χ0n) is 65.5. The average Bonchev–Trinajstić information content (AvgIpc) is 0.788. The van der Waals surface area contributed by atoms with Crippen molar-refractivity contribution in [1.82, 2.24) is 66.6 Å². The van der Waals surface area contributed by atoms with Crippen molar-refractivity contribution in [3.63, 3.8) is 0 Å². The fraction of sp³-hybridized carbons (Fsp3) is 0.922. The molecule has 5 unspecified atom stereocenters. The maximum Gasteiger partial charge on any atom is 0.358 e. The maximum atomic E-state index is 15.3. The molecule has 0 aromatic heterocycles. The molecule has 5 rings (SSSR count). The monoisotopic (exact) mass is 1550 g/mol. The van der Waals surface area contributed by atoms with Gasteiger partial charge in [-0.05, 0) is 203 Å². The molecule has 0 bridgehead atoms. The summed E-state index contributed by atoms with van der Waals surface area (Å²) in [6.45, 7) is 40.8. The van der Waals surface area contributed by atoms with Crippen LogP contribution < -0.4 is 26.6 Å². The number of nitrogens with zero attached hydrogens (tertiary/aromatic N) is 8. The van der Waals surface area contributed by atoms with E-state index < -0.39 is 151 Å². The number of carbonyl (C=O) groups is 5. The van der Waals surface area contributed by atoms with E-state index in [-0.39, 0.29) is 72.6 Å². The lowest BCUT2D eigenvalue weighted by Gasteiger charge is -2.54. The van der Waals surface area contributed by atoms with Gasteiger partial charge in [0.15, 0.2) is 0 Å². The predicted octanol–water partition coefficient (Wildman–Crippen LogP) is 8.05. The third kappa shape index (κ3) is 26.0. The largest absolute Gasteiger partial charge is 0.358 e. The third-order valence-corrected chi connectivity index (χ3v) is 25.3. The second-order valence-corrected chi connectivity index (χ2v) is 44.4. The Hall–Kier alpha value is -2.22. The summed E-state index contributed by atoms with van der Waals surface area (Å²) in [5.74, 6) is -1.34. The van der Waals surface area contributed by atoms with Gasteiger partial charge in [-0.15, -0.1) is 0 Å². The van der Waals surface area contributed by atoms with Crippen LogP contribution >= 0.6 is 38.0 Å². The molecule has 33 nitrogen and oxygen atoms in total. The smallest absolute Gasteiger partial charge is 0.353 e. The molecule has 0 aliphatic carbocycles. The van der Waals surface area contributed by atoms with E-state index in [2.05, 4.69) is 26.6 Å². The fourth-order valence-electron chi connectivity index (χ4n) is 17.6. The van der Waals surface area contributed by atoms with Gasteiger partial charge in [-0.1, -0.05) is 0 Å². The van der Waals surface area contributed by atoms with Gasteiger partial charge in [0.1, 0.15) is 31.4 Å². The number of nitrogens with one attached hydrogen (secondary N) is 5. The van der Waals surface area contributed by atoms with E-state index >= 15 is 22.8 Å². The maximum absolute atomic E-state index is 15.3. The van der Waals surface area contributed by atoms with Crippen LogP contribution in [0, 0.1) is 0 Å². The predicted molar refractivity (Wildman–Crippen MR) is 388 cm³/mol. The first-order chi connectivity index (χ1) is 45.6. The molecule has 0 saturated carbocycles. The summed E-state index contributed by atoms with van der Waals surface area (Å²) in [6.07, 6.45) is -1.76. The lowest BCUT2D eigenvalue weighted by Crippen LogP contribution is -2.63. The molecular formula is C64H128N13O20P5. The Labute approximate surface area is 606 Å². The van der Waals surface area contributed by atoms with Gasteiger partial charge in [-0.2, -0.15) is 25.3 Å². The number of hydrogen-bond acceptors (Lipinski definition) is 23. The first-order valence-electron chi connectivity index (χ1n) is 35.2. The summed E-state index contributed by atoms with van der Waals surface area (Å²) in [7, 11) is -25.1. The number of hydroxylamine groups is 10. The standard InChI is InChI=1S/C64H128N13O20P5/c1-45(78)65-50-30-55(6,7)73(56(8,9)31-50)93-98(83,84)40-70(26-28-71(41-99(85,86)94-74-57(10,11)32-51(66-46(2)79)33-58(74,12)13)42-100(87,88)95-75-59(14,15)34-52(67-47(3)80)35-60(75,16)17)27-29-72(43-101(89,90)96-76-61(18,19)36-53(68-48(4)81)37-62(76,20)21)44-102(91,92)97-77-63(22,23)38-54(69-49(5)82)39-64(77,24)25/h50-54H,26-44H2,1-25H3,(H,65,78)(H,66,79)(H,67,80)(H,68,81)(H,69,82)(H,83,84)(H,85,86)(H,87,88)(H,89,90)(H,91,92). The molecule has 5 aliphatic heterocycles. The Kier molecular flexibility index (Phi) is 28.7. The summed E-state index contributed by atoms with van der Waals surface area (Å²) < 4.78 is 107. The summed E-state index contributed by atoms with van der Waals surface area (Å²) in [4.78, 5) is 127. The number of piperidine rings is 5. The molecule has 0 spiro atoms. The fourth-order valence-corrected chi connectivity index (χ4v) is 25.4. The average molecular weight is 1550 g/mol. The molecule has 0 aromatic carbocycles. The molecule has 0 aromatic rings. The van der Waals surface area contributed by atoms with Crippen LogP contribution in [-0.2, 0) is 69.9 Å². The lowest BCUT2D eigenvalue weighted by atomic mass is 9.79. The van der Waals surface area contributed by atoms with E-state index in [1.54, 1.807) is 138 Å². The Morgan fingerprint density at radius 2 is 0.402 bits per heavy atom. The Balaban J connectivity index is 1.65. The van der Waals surface area contributed by atoms with Crippen molar-refractivity contribution in [3.05, 3.63) is 0 Å². The number of amides is 5. The molecule has 5 saturated heterocycles. The van der Waals surface area contributed by atoms with Crippen molar-refractivity contribution >= 4 is 67.5 Å². The zero-order chi connectivity index (χ0) is 78.4. The topological polar surface area (TPSA) is 404 Å². The van der Waals surface area contributed by atoms with Crippen LogP contribution in [0.1, 0.15) is 237 Å². The highest BCUT2D eigenvalue weighted by atomic mass is 31.2. The van der Waals surface area contributed by atoms with Gasteiger partial charge in [0.2, 0.25) is 29.5 Å². The van der Waals surface area contributed by atoms with E-state index in [1.165, 1.54) is 64.8 Å². The van der Waals surface area contributed by atoms with E-state index in [4.69, 9.17) is 23.1 Å². The molecule has 102 heavy (non-hydrogen) atoms. The van der Waals surface area contributed by atoms with Crippen LogP contribution in [0.3, 0.4) is 0 Å². The van der Waals surface area contributed by atoms with Gasteiger partial charge >= 0.3 is 38.0 Å². The number of carbonyl (C=O) groups excluding carboxylic acids is 5. The second-order valence-electron chi connectivity index (χ2n) is 35.8. The molecule has 5 atom stereocenters. The lowest BCUT2D eigenvalue weighted by molar-refractivity contribution is -0.227. The Morgan fingerprint density at radius 3 is 0.529 bits per heavy atom. The second kappa shape index (κ2) is 32.4. The highest BCUT2D eigenvalue weighted by Crippen LogP contribution is 2.58. The molecule has 10 N–H and O–H groups in total. The van der Waals surface area contributed by atoms with Crippen LogP contribution in [0.5, 0.6) is 0 Å². The van der Waals surface area contributed by atoms with Crippen LogP contribution in [0.2, 0.25) is 0 Å². The van der Waals surface area contributed by atoms with Gasteiger partial charge in [0.05, 0.1) is 0 Å². The van der Waals surface area contributed by atoms with Crippen molar-refractivity contribution in [1.29, 1.82) is 0 Å². The molecule has 594 valence electrons. The summed E-state index contributed by atoms with van der Waals surface area (Å²) in [5.41, 5.74) is -9.99. The van der Waals surface area contributed by atoms with Crippen LogP contribution in [-0.4, -0.2) is 237 Å². The summed E-state index contributed by atoms with van der Waals surface area (Å²) >= 11 is 0. The van der Waals surface area contributed by atoms with Gasteiger partial charge in [-0.3, -0.25) is 61.5 Å². The molecule has 0 radical (unpaired) electrons.